The first-order valence-corrected chi connectivity index (χ1v) is 6.37. The summed E-state index contributed by atoms with van der Waals surface area (Å²) in [4.78, 5) is 22.4. The molecular weight excluding hydrogens is 326 g/mol. The Kier molecular flexibility index (Phi) is 6.02. The zero-order valence-electron chi connectivity index (χ0n) is 10.6. The van der Waals surface area contributed by atoms with Crippen LogP contribution < -0.4 is 0 Å². The number of carbonyl (C=O) groups excluding carboxylic acids is 1. The van der Waals surface area contributed by atoms with Crippen LogP contribution in [0.15, 0.2) is 53.0 Å². The number of halogens is 1. The van der Waals surface area contributed by atoms with Crippen LogP contribution in [0.5, 0.6) is 0 Å². The topological polar surface area (TPSA) is 80.4 Å². The van der Waals surface area contributed by atoms with Crippen LogP contribution in [-0.2, 0) is 0 Å². The first-order valence-electron chi connectivity index (χ1n) is 5.58. The van der Waals surface area contributed by atoms with E-state index in [9.17, 15) is 14.9 Å². The molecule has 0 atom stereocenters. The summed E-state index contributed by atoms with van der Waals surface area (Å²) in [5.41, 5.74) is 0.696. The molecule has 0 bridgehead atoms. The maximum atomic E-state index is 12.1. The van der Waals surface area contributed by atoms with Crippen molar-refractivity contribution >= 4 is 27.4 Å². The van der Waals surface area contributed by atoms with Crippen molar-refractivity contribution in [3.63, 3.8) is 0 Å². The van der Waals surface area contributed by atoms with Gasteiger partial charge >= 0.3 is 0 Å². The molecule has 0 unspecified atom stereocenters. The molecule has 0 aliphatic carbocycles. The first kappa shape index (κ1) is 16.0. The lowest BCUT2D eigenvalue weighted by atomic mass is 10.0. The van der Waals surface area contributed by atoms with E-state index in [0.29, 0.717) is 15.6 Å². The monoisotopic (exact) mass is 337 g/mol. The SMILES string of the molecule is CO.O=C(c1ccccc1)c1ccc(Br)c([N+](=O)[O-])c1. The number of nitro benzene ring substituents is 1. The molecule has 104 valence electrons. The average Bonchev–Trinajstić information content (AvgIpc) is 2.49. The van der Waals surface area contributed by atoms with Crippen molar-refractivity contribution in [1.29, 1.82) is 0 Å². The summed E-state index contributed by atoms with van der Waals surface area (Å²) < 4.78 is 0.358. The third-order valence-corrected chi connectivity index (χ3v) is 3.11. The number of aliphatic hydroxyl groups excluding tert-OH is 1. The van der Waals surface area contributed by atoms with Gasteiger partial charge in [-0.15, -0.1) is 0 Å². The van der Waals surface area contributed by atoms with E-state index in [0.717, 1.165) is 7.11 Å². The Balaban J connectivity index is 0.000000956. The van der Waals surface area contributed by atoms with E-state index < -0.39 is 4.92 Å². The van der Waals surface area contributed by atoms with Gasteiger partial charge in [0.05, 0.1) is 9.40 Å². The molecule has 0 aliphatic heterocycles. The van der Waals surface area contributed by atoms with Crippen molar-refractivity contribution in [1.82, 2.24) is 0 Å². The molecule has 5 nitrogen and oxygen atoms in total. The van der Waals surface area contributed by atoms with E-state index in [2.05, 4.69) is 15.9 Å². The smallest absolute Gasteiger partial charge is 0.284 e. The van der Waals surface area contributed by atoms with Gasteiger partial charge in [0.15, 0.2) is 5.78 Å². The number of benzene rings is 2. The Labute approximate surface area is 124 Å². The summed E-state index contributed by atoms with van der Waals surface area (Å²) in [6.07, 6.45) is 0. The molecule has 1 N–H and O–H groups in total. The molecule has 0 amide bonds. The maximum absolute atomic E-state index is 12.1. The van der Waals surface area contributed by atoms with E-state index in [1.165, 1.54) is 12.1 Å². The van der Waals surface area contributed by atoms with Gasteiger partial charge in [0.25, 0.3) is 5.69 Å². The number of nitro groups is 1. The molecule has 0 spiro atoms. The lowest BCUT2D eigenvalue weighted by Crippen LogP contribution is -2.02. The number of carbonyl (C=O) groups is 1. The number of nitrogens with zero attached hydrogens (tertiary/aromatic N) is 1. The highest BCUT2D eigenvalue weighted by molar-refractivity contribution is 9.10. The minimum Gasteiger partial charge on any atom is -0.400 e. The van der Waals surface area contributed by atoms with Gasteiger partial charge in [-0.25, -0.2) is 0 Å². The normalized spacial score (nSPS) is 9.35. The highest BCUT2D eigenvalue weighted by Crippen LogP contribution is 2.26. The largest absolute Gasteiger partial charge is 0.400 e. The molecule has 2 aromatic carbocycles. The molecule has 0 aliphatic rings. The Morgan fingerprint density at radius 3 is 2.25 bits per heavy atom. The summed E-state index contributed by atoms with van der Waals surface area (Å²) >= 11 is 3.08. The third kappa shape index (κ3) is 3.72. The van der Waals surface area contributed by atoms with Crippen LogP contribution in [0.25, 0.3) is 0 Å². The molecule has 2 aromatic rings. The van der Waals surface area contributed by atoms with Gasteiger partial charge in [0, 0.05) is 24.3 Å². The quantitative estimate of drug-likeness (QED) is 0.529. The van der Waals surface area contributed by atoms with Crippen LogP contribution in [0.4, 0.5) is 5.69 Å². The van der Waals surface area contributed by atoms with Crippen LogP contribution in [0.1, 0.15) is 15.9 Å². The van der Waals surface area contributed by atoms with E-state index in [1.807, 2.05) is 0 Å². The second-order valence-electron chi connectivity index (χ2n) is 3.62. The van der Waals surface area contributed by atoms with Crippen LogP contribution in [0, 0.1) is 10.1 Å². The lowest BCUT2D eigenvalue weighted by Gasteiger charge is -2.02. The van der Waals surface area contributed by atoms with Crippen molar-refractivity contribution in [2.75, 3.05) is 7.11 Å². The zero-order chi connectivity index (χ0) is 15.1. The minimum absolute atomic E-state index is 0.114. The molecule has 20 heavy (non-hydrogen) atoms. The molecule has 0 radical (unpaired) electrons. The zero-order valence-corrected chi connectivity index (χ0v) is 12.2. The number of ketones is 1. The summed E-state index contributed by atoms with van der Waals surface area (Å²) in [5, 5.41) is 17.8. The Morgan fingerprint density at radius 1 is 1.10 bits per heavy atom. The van der Waals surface area contributed by atoms with E-state index >= 15 is 0 Å². The molecule has 0 saturated heterocycles. The molecule has 0 saturated carbocycles. The number of aliphatic hydroxyl groups is 1. The molecule has 0 heterocycles. The van der Waals surface area contributed by atoms with Crippen LogP contribution >= 0.6 is 15.9 Å². The van der Waals surface area contributed by atoms with Gasteiger partial charge in [-0.3, -0.25) is 14.9 Å². The molecule has 6 heteroatoms. The maximum Gasteiger partial charge on any atom is 0.284 e. The second-order valence-corrected chi connectivity index (χ2v) is 4.47. The van der Waals surface area contributed by atoms with Crippen LogP contribution in [0.3, 0.4) is 0 Å². The lowest BCUT2D eigenvalue weighted by molar-refractivity contribution is -0.385. The van der Waals surface area contributed by atoms with Gasteiger partial charge in [-0.2, -0.15) is 0 Å². The average molecular weight is 338 g/mol. The number of rotatable bonds is 3. The number of hydrogen-bond acceptors (Lipinski definition) is 4. The van der Waals surface area contributed by atoms with Crippen molar-refractivity contribution in [3.05, 3.63) is 74.2 Å². The van der Waals surface area contributed by atoms with E-state index in [4.69, 9.17) is 5.11 Å². The first-order chi connectivity index (χ1) is 9.59. The van der Waals surface area contributed by atoms with Crippen LogP contribution in [-0.4, -0.2) is 22.9 Å². The Morgan fingerprint density at radius 2 is 1.70 bits per heavy atom. The van der Waals surface area contributed by atoms with Gasteiger partial charge in [-0.1, -0.05) is 30.3 Å². The fraction of sp³-hybridized carbons (Fsp3) is 0.0714. The second kappa shape index (κ2) is 7.52. The van der Waals surface area contributed by atoms with Crippen LogP contribution in [0.2, 0.25) is 0 Å². The summed E-state index contributed by atoms with van der Waals surface area (Å²) in [6, 6.07) is 13.0. The highest BCUT2D eigenvalue weighted by atomic mass is 79.9. The van der Waals surface area contributed by atoms with Crippen molar-refractivity contribution < 1.29 is 14.8 Å². The van der Waals surface area contributed by atoms with Gasteiger partial charge in [0.2, 0.25) is 0 Å². The minimum atomic E-state index is -0.522. The molecule has 0 aromatic heterocycles. The van der Waals surface area contributed by atoms with Gasteiger partial charge in [-0.05, 0) is 28.1 Å². The van der Waals surface area contributed by atoms with Gasteiger partial charge in [0.1, 0.15) is 0 Å². The summed E-state index contributed by atoms with van der Waals surface area (Å²) in [7, 11) is 1.00. The Bertz CT molecular complexity index is 614. The summed E-state index contributed by atoms with van der Waals surface area (Å²) in [5.74, 6) is -0.230. The Hall–Kier alpha value is -2.05. The fourth-order valence-electron chi connectivity index (χ4n) is 1.55. The molecular formula is C14H12BrNO4. The summed E-state index contributed by atoms with van der Waals surface area (Å²) in [6.45, 7) is 0. The predicted octanol–water partition coefficient (Wildman–Crippen LogP) is 3.20. The fourth-order valence-corrected chi connectivity index (χ4v) is 1.94. The van der Waals surface area contributed by atoms with Gasteiger partial charge < -0.3 is 5.11 Å². The predicted molar refractivity (Wildman–Crippen MR) is 78.8 cm³/mol. The standard InChI is InChI=1S/C13H8BrNO3.CH4O/c14-11-7-6-10(8-12(11)15(17)18)13(16)9-4-2-1-3-5-9;1-2/h1-8H;2H,1H3. The van der Waals surface area contributed by atoms with Crippen molar-refractivity contribution in [3.8, 4) is 0 Å². The third-order valence-electron chi connectivity index (χ3n) is 2.44. The molecule has 0 fully saturated rings. The van der Waals surface area contributed by atoms with E-state index in [1.54, 1.807) is 36.4 Å². The van der Waals surface area contributed by atoms with E-state index in [-0.39, 0.29) is 11.5 Å². The number of hydrogen-bond donors (Lipinski definition) is 1. The highest BCUT2D eigenvalue weighted by Gasteiger charge is 2.16. The molecule has 2 rings (SSSR count). The van der Waals surface area contributed by atoms with Crippen molar-refractivity contribution in [2.24, 2.45) is 0 Å². The van der Waals surface area contributed by atoms with Crippen molar-refractivity contribution in [2.45, 2.75) is 0 Å².